The third-order valence-corrected chi connectivity index (χ3v) is 4.59. The van der Waals surface area contributed by atoms with Crippen LogP contribution in [-0.4, -0.2) is 56.9 Å². The standard InChI is InChI=1S/C18H26FN5O/c1-20-18(22-9-4-14-6-11-25-12-7-14)23-15-5-10-24(13-15)17-16(19)3-2-8-21-17/h2-3,6,8,15H,4-5,7,9-13H2,1H3,(H2,20,22,23). The summed E-state index contributed by atoms with van der Waals surface area (Å²) >= 11 is 0. The smallest absolute Gasteiger partial charge is 0.191 e. The van der Waals surface area contributed by atoms with E-state index in [-0.39, 0.29) is 11.9 Å². The Morgan fingerprint density at radius 3 is 3.20 bits per heavy atom. The van der Waals surface area contributed by atoms with Crippen LogP contribution >= 0.6 is 0 Å². The lowest BCUT2D eigenvalue weighted by atomic mass is 10.1. The van der Waals surface area contributed by atoms with Crippen molar-refractivity contribution in [1.29, 1.82) is 0 Å². The van der Waals surface area contributed by atoms with Crippen molar-refractivity contribution in [1.82, 2.24) is 15.6 Å². The van der Waals surface area contributed by atoms with Gasteiger partial charge in [-0.3, -0.25) is 4.99 Å². The van der Waals surface area contributed by atoms with Gasteiger partial charge in [-0.25, -0.2) is 9.37 Å². The van der Waals surface area contributed by atoms with Crippen LogP contribution < -0.4 is 15.5 Å². The summed E-state index contributed by atoms with van der Waals surface area (Å²) in [5.74, 6) is 0.956. The summed E-state index contributed by atoms with van der Waals surface area (Å²) in [5, 5.41) is 6.78. The number of hydrogen-bond acceptors (Lipinski definition) is 4. The van der Waals surface area contributed by atoms with Crippen molar-refractivity contribution in [2.45, 2.75) is 25.3 Å². The largest absolute Gasteiger partial charge is 0.377 e. The summed E-state index contributed by atoms with van der Waals surface area (Å²) < 4.78 is 19.2. The van der Waals surface area contributed by atoms with Crippen LogP contribution in [0.5, 0.6) is 0 Å². The lowest BCUT2D eigenvalue weighted by molar-refractivity contribution is 0.153. The number of aromatic nitrogens is 1. The molecule has 1 fully saturated rings. The number of anilines is 1. The third kappa shape index (κ3) is 4.92. The van der Waals surface area contributed by atoms with E-state index in [1.165, 1.54) is 11.6 Å². The summed E-state index contributed by atoms with van der Waals surface area (Å²) in [6.45, 7) is 3.90. The molecule has 3 rings (SSSR count). The molecule has 0 saturated carbocycles. The fourth-order valence-corrected chi connectivity index (χ4v) is 3.20. The Balaban J connectivity index is 1.45. The molecule has 1 unspecified atom stereocenters. The second kappa shape index (κ2) is 8.80. The van der Waals surface area contributed by atoms with Crippen molar-refractivity contribution in [3.63, 3.8) is 0 Å². The minimum atomic E-state index is -0.268. The molecule has 2 N–H and O–H groups in total. The molecule has 1 aromatic heterocycles. The van der Waals surface area contributed by atoms with Crippen LogP contribution in [0.1, 0.15) is 19.3 Å². The van der Waals surface area contributed by atoms with Gasteiger partial charge in [0.1, 0.15) is 0 Å². The van der Waals surface area contributed by atoms with Crippen molar-refractivity contribution in [3.8, 4) is 0 Å². The SMILES string of the molecule is CN=C(NCCC1=CCOCC1)NC1CCN(c2ncccc2F)C1. The zero-order valence-electron chi connectivity index (χ0n) is 14.7. The Hall–Kier alpha value is -2.15. The quantitative estimate of drug-likeness (QED) is 0.482. The second-order valence-corrected chi connectivity index (χ2v) is 6.32. The van der Waals surface area contributed by atoms with Gasteiger partial charge in [0, 0.05) is 38.9 Å². The third-order valence-electron chi connectivity index (χ3n) is 4.59. The molecule has 1 aromatic rings. The Morgan fingerprint density at radius 1 is 1.52 bits per heavy atom. The predicted octanol–water partition coefficient (Wildman–Crippen LogP) is 1.70. The Morgan fingerprint density at radius 2 is 2.44 bits per heavy atom. The summed E-state index contributed by atoms with van der Waals surface area (Å²) in [6.07, 6.45) is 6.74. The van der Waals surface area contributed by atoms with Crippen LogP contribution in [0.4, 0.5) is 10.2 Å². The van der Waals surface area contributed by atoms with Crippen LogP contribution in [0.3, 0.4) is 0 Å². The fourth-order valence-electron chi connectivity index (χ4n) is 3.20. The molecule has 0 radical (unpaired) electrons. The average molecular weight is 347 g/mol. The highest BCUT2D eigenvalue weighted by Gasteiger charge is 2.25. The van der Waals surface area contributed by atoms with Gasteiger partial charge in [-0.1, -0.05) is 11.6 Å². The molecule has 2 aliphatic heterocycles. The molecule has 0 amide bonds. The molecule has 0 spiro atoms. The van der Waals surface area contributed by atoms with E-state index in [4.69, 9.17) is 4.74 Å². The number of aliphatic imine (C=N–C) groups is 1. The molecular weight excluding hydrogens is 321 g/mol. The lowest BCUT2D eigenvalue weighted by Gasteiger charge is -2.20. The zero-order chi connectivity index (χ0) is 17.5. The monoisotopic (exact) mass is 347 g/mol. The number of rotatable bonds is 5. The van der Waals surface area contributed by atoms with Gasteiger partial charge >= 0.3 is 0 Å². The molecule has 0 aromatic carbocycles. The predicted molar refractivity (Wildman–Crippen MR) is 97.4 cm³/mol. The van der Waals surface area contributed by atoms with E-state index in [0.717, 1.165) is 58.1 Å². The van der Waals surface area contributed by atoms with Crippen molar-refractivity contribution < 1.29 is 9.13 Å². The molecule has 0 bridgehead atoms. The summed E-state index contributed by atoms with van der Waals surface area (Å²) in [4.78, 5) is 10.4. The molecule has 1 saturated heterocycles. The first kappa shape index (κ1) is 17.7. The number of halogens is 1. The Kier molecular flexibility index (Phi) is 6.22. The van der Waals surface area contributed by atoms with Gasteiger partial charge in [-0.05, 0) is 31.4 Å². The first-order chi connectivity index (χ1) is 12.3. The highest BCUT2D eigenvalue weighted by Crippen LogP contribution is 2.20. The van der Waals surface area contributed by atoms with Crippen molar-refractivity contribution in [2.75, 3.05) is 44.8 Å². The molecular formula is C18H26FN5O. The Labute approximate surface area is 148 Å². The molecule has 25 heavy (non-hydrogen) atoms. The van der Waals surface area contributed by atoms with E-state index in [9.17, 15) is 4.39 Å². The number of pyridine rings is 1. The molecule has 3 heterocycles. The molecule has 136 valence electrons. The fraction of sp³-hybridized carbons (Fsp3) is 0.556. The van der Waals surface area contributed by atoms with Crippen LogP contribution in [0.2, 0.25) is 0 Å². The normalized spacial score (nSPS) is 21.2. The van der Waals surface area contributed by atoms with Gasteiger partial charge in [-0.2, -0.15) is 0 Å². The minimum Gasteiger partial charge on any atom is -0.377 e. The number of nitrogens with zero attached hydrogens (tertiary/aromatic N) is 3. The molecule has 6 nitrogen and oxygen atoms in total. The van der Waals surface area contributed by atoms with Gasteiger partial charge in [0.15, 0.2) is 17.6 Å². The van der Waals surface area contributed by atoms with Crippen molar-refractivity contribution in [2.24, 2.45) is 4.99 Å². The van der Waals surface area contributed by atoms with Gasteiger partial charge in [0.2, 0.25) is 0 Å². The van der Waals surface area contributed by atoms with Gasteiger partial charge in [0.05, 0.1) is 13.2 Å². The van der Waals surface area contributed by atoms with Crippen LogP contribution in [-0.2, 0) is 4.74 Å². The first-order valence-corrected chi connectivity index (χ1v) is 8.84. The molecule has 1 atom stereocenters. The maximum atomic E-state index is 13.9. The molecule has 2 aliphatic rings. The van der Waals surface area contributed by atoms with Crippen LogP contribution in [0.15, 0.2) is 35.0 Å². The van der Waals surface area contributed by atoms with Crippen molar-refractivity contribution in [3.05, 3.63) is 35.8 Å². The number of guanidine groups is 1. The molecule has 0 aliphatic carbocycles. The van der Waals surface area contributed by atoms with Gasteiger partial charge in [-0.15, -0.1) is 0 Å². The summed E-state index contributed by atoms with van der Waals surface area (Å²) in [6, 6.07) is 3.30. The van der Waals surface area contributed by atoms with E-state index in [1.807, 2.05) is 4.90 Å². The minimum absolute atomic E-state index is 0.231. The zero-order valence-corrected chi connectivity index (χ0v) is 14.7. The highest BCUT2D eigenvalue weighted by molar-refractivity contribution is 5.80. The van der Waals surface area contributed by atoms with Crippen LogP contribution in [0, 0.1) is 5.82 Å². The maximum absolute atomic E-state index is 13.9. The Bertz CT molecular complexity index is 634. The number of ether oxygens (including phenoxy) is 1. The molecule has 7 heteroatoms. The van der Waals surface area contributed by atoms with Gasteiger partial charge in [0.25, 0.3) is 0 Å². The van der Waals surface area contributed by atoms with Crippen LogP contribution in [0.25, 0.3) is 0 Å². The maximum Gasteiger partial charge on any atom is 0.191 e. The lowest BCUT2D eigenvalue weighted by Crippen LogP contribution is -2.45. The van der Waals surface area contributed by atoms with E-state index >= 15 is 0 Å². The second-order valence-electron chi connectivity index (χ2n) is 6.32. The average Bonchev–Trinajstić information content (AvgIpc) is 3.10. The van der Waals surface area contributed by atoms with Crippen molar-refractivity contribution >= 4 is 11.8 Å². The first-order valence-electron chi connectivity index (χ1n) is 8.84. The van der Waals surface area contributed by atoms with E-state index in [1.54, 1.807) is 19.3 Å². The van der Waals surface area contributed by atoms with E-state index in [0.29, 0.717) is 5.82 Å². The van der Waals surface area contributed by atoms with E-state index in [2.05, 4.69) is 26.7 Å². The summed E-state index contributed by atoms with van der Waals surface area (Å²) in [7, 11) is 1.77. The van der Waals surface area contributed by atoms with Gasteiger partial charge < -0.3 is 20.3 Å². The number of nitrogens with one attached hydrogen (secondary N) is 2. The number of hydrogen-bond donors (Lipinski definition) is 2. The van der Waals surface area contributed by atoms with E-state index < -0.39 is 0 Å². The highest BCUT2D eigenvalue weighted by atomic mass is 19.1. The topological polar surface area (TPSA) is 61.8 Å². The summed E-state index contributed by atoms with van der Waals surface area (Å²) in [5.41, 5.74) is 1.44.